The van der Waals surface area contributed by atoms with Gasteiger partial charge in [0.05, 0.1) is 0 Å². The molecule has 0 saturated carbocycles. The summed E-state index contributed by atoms with van der Waals surface area (Å²) < 4.78 is 0. The number of carboxylic acids is 1. The highest BCUT2D eigenvalue weighted by atomic mass is 16.4. The second-order valence-corrected chi connectivity index (χ2v) is 2.21. The van der Waals surface area contributed by atoms with Gasteiger partial charge in [-0.1, -0.05) is 0 Å². The molecule has 0 spiro atoms. The number of allylic oxidation sites excluding steroid dienone is 1. The van der Waals surface area contributed by atoms with E-state index in [9.17, 15) is 4.79 Å². The van der Waals surface area contributed by atoms with E-state index in [0.29, 0.717) is 5.57 Å². The number of rotatable bonds is 1. The molecule has 0 heterocycles. The van der Waals surface area contributed by atoms with E-state index in [-0.39, 0.29) is 11.7 Å². The summed E-state index contributed by atoms with van der Waals surface area (Å²) >= 11 is 0. The molecule has 0 aliphatic heterocycles. The zero-order valence-corrected chi connectivity index (χ0v) is 5.96. The molecule has 1 aliphatic carbocycles. The summed E-state index contributed by atoms with van der Waals surface area (Å²) in [6, 6.07) is 0. The molecule has 0 fully saturated rings. The van der Waals surface area contributed by atoms with Gasteiger partial charge in [-0.2, -0.15) is 0 Å². The number of aliphatic hydroxyl groups excluding tert-OH is 1. The summed E-state index contributed by atoms with van der Waals surface area (Å²) in [6.45, 7) is 1.62. The first-order valence-corrected chi connectivity index (χ1v) is 3.06. The Hall–Kier alpha value is -1.60. The van der Waals surface area contributed by atoms with Gasteiger partial charge in [0.25, 0.3) is 0 Å². The largest absolute Gasteiger partial charge is 0.487 e. The number of aliphatic carboxylic acids is 1. The Morgan fingerprint density at radius 1 is 1.73 bits per heavy atom. The Morgan fingerprint density at radius 3 is 2.82 bits per heavy atom. The minimum atomic E-state index is -1.14. The van der Waals surface area contributed by atoms with Crippen LogP contribution >= 0.6 is 0 Å². The lowest BCUT2D eigenvalue weighted by molar-refractivity contribution is -0.134. The van der Waals surface area contributed by atoms with E-state index in [2.05, 4.69) is 5.73 Å². The van der Waals surface area contributed by atoms with Gasteiger partial charge < -0.3 is 10.2 Å². The van der Waals surface area contributed by atoms with Crippen LogP contribution in [0.3, 0.4) is 0 Å². The van der Waals surface area contributed by atoms with Gasteiger partial charge in [-0.3, -0.25) is 0 Å². The van der Waals surface area contributed by atoms with E-state index >= 15 is 0 Å². The maximum Gasteiger partial charge on any atom is 0.398 e. The monoisotopic (exact) mass is 151 g/mol. The van der Waals surface area contributed by atoms with Crippen LogP contribution in [0.2, 0.25) is 0 Å². The third-order valence-corrected chi connectivity index (χ3v) is 1.39. The highest BCUT2D eigenvalue weighted by Gasteiger charge is 2.31. The van der Waals surface area contributed by atoms with Gasteiger partial charge in [-0.05, 0) is 0 Å². The smallest absolute Gasteiger partial charge is 0.398 e. The first-order chi connectivity index (χ1) is 5.13. The second kappa shape index (κ2) is 2.56. The molecule has 11 heavy (non-hydrogen) atoms. The van der Waals surface area contributed by atoms with Crippen LogP contribution in [0.5, 0.6) is 0 Å². The lowest BCUT2D eigenvalue weighted by Crippen LogP contribution is -2.13. The van der Waals surface area contributed by atoms with Gasteiger partial charge in [0.15, 0.2) is 0 Å². The molecule has 0 radical (unpaired) electrons. The molecule has 0 amide bonds. The number of carboxylic acid groups (broad SMARTS) is 1. The van der Waals surface area contributed by atoms with Gasteiger partial charge in [-0.15, -0.1) is 0 Å². The molecule has 3 nitrogen and oxygen atoms in total. The van der Waals surface area contributed by atoms with Crippen molar-refractivity contribution >= 4 is 5.97 Å². The molecule has 0 aromatic heterocycles. The van der Waals surface area contributed by atoms with Gasteiger partial charge in [0.2, 0.25) is 11.7 Å². The average molecular weight is 151 g/mol. The Balaban J connectivity index is 3.04. The maximum absolute atomic E-state index is 10.4. The molecular weight excluding hydrogens is 144 g/mol. The van der Waals surface area contributed by atoms with Gasteiger partial charge >= 0.3 is 5.97 Å². The minimum Gasteiger partial charge on any atom is -0.487 e. The quantitative estimate of drug-likeness (QED) is 0.437. The predicted octanol–water partition coefficient (Wildman–Crippen LogP) is 1.20. The topological polar surface area (TPSA) is 57.5 Å². The zero-order valence-electron chi connectivity index (χ0n) is 5.96. The Kier molecular flexibility index (Phi) is 1.75. The fourth-order valence-corrected chi connectivity index (χ4v) is 0.762. The van der Waals surface area contributed by atoms with Gasteiger partial charge in [0, 0.05) is 12.7 Å². The number of carbonyl (C=O) groups is 1. The number of hydrogen-bond donors (Lipinski definition) is 2. The molecule has 3 heteroatoms. The highest BCUT2D eigenvalue weighted by Crippen LogP contribution is 2.20. The van der Waals surface area contributed by atoms with Crippen molar-refractivity contribution in [3.63, 3.8) is 0 Å². The molecule has 0 bridgehead atoms. The third kappa shape index (κ3) is 1.28. The fraction of sp³-hybridized carbons (Fsp3) is 0.125. The predicted molar refractivity (Wildman–Crippen MR) is 38.9 cm³/mol. The van der Waals surface area contributed by atoms with Gasteiger partial charge in [-0.25, -0.2) is 4.79 Å². The van der Waals surface area contributed by atoms with Crippen molar-refractivity contribution in [2.24, 2.45) is 0 Å². The third-order valence-electron chi connectivity index (χ3n) is 1.39. The van der Waals surface area contributed by atoms with Crippen molar-refractivity contribution in [2.75, 3.05) is 0 Å². The van der Waals surface area contributed by atoms with Crippen molar-refractivity contribution < 1.29 is 15.0 Å². The fourth-order valence-electron chi connectivity index (χ4n) is 0.762. The number of hydrogen-bond acceptors (Lipinski definition) is 2. The van der Waals surface area contributed by atoms with Crippen LogP contribution in [0, 0.1) is 5.92 Å². The molecule has 0 atom stereocenters. The lowest BCUT2D eigenvalue weighted by Gasteiger charge is -2.00. The lowest BCUT2D eigenvalue weighted by atomic mass is 10.0. The molecule has 1 rings (SSSR count). The Bertz CT molecular complexity index is 280. The van der Waals surface area contributed by atoms with Crippen molar-refractivity contribution in [3.8, 4) is 0 Å². The van der Waals surface area contributed by atoms with Crippen LogP contribution in [-0.4, -0.2) is 16.2 Å². The van der Waals surface area contributed by atoms with E-state index in [4.69, 9.17) is 10.2 Å². The Morgan fingerprint density at radius 2 is 2.36 bits per heavy atom. The van der Waals surface area contributed by atoms with Crippen molar-refractivity contribution in [2.45, 2.75) is 6.92 Å². The van der Waals surface area contributed by atoms with Crippen LogP contribution in [0.4, 0.5) is 0 Å². The summed E-state index contributed by atoms with van der Waals surface area (Å²) in [7, 11) is 0. The first-order valence-electron chi connectivity index (χ1n) is 3.06. The second-order valence-electron chi connectivity index (χ2n) is 2.21. The van der Waals surface area contributed by atoms with Crippen LogP contribution < -0.4 is 0 Å². The van der Waals surface area contributed by atoms with Crippen molar-refractivity contribution in [1.82, 2.24) is 0 Å². The normalized spacial score (nSPS) is 15.9. The van der Waals surface area contributed by atoms with E-state index in [0.717, 1.165) is 0 Å². The van der Waals surface area contributed by atoms with Crippen molar-refractivity contribution in [1.29, 1.82) is 0 Å². The SMILES string of the molecule is CC1=C(O)[C+](C(=O)O)C=C=C1. The Labute approximate surface area is 64.0 Å². The van der Waals surface area contributed by atoms with Crippen LogP contribution in [-0.2, 0) is 4.79 Å². The molecule has 1 aliphatic rings. The molecule has 0 aromatic rings. The van der Waals surface area contributed by atoms with E-state index < -0.39 is 5.97 Å². The number of aliphatic hydroxyl groups is 1. The first kappa shape index (κ1) is 7.51. The summed E-state index contributed by atoms with van der Waals surface area (Å²) in [5.41, 5.74) is 3.13. The molecule has 0 aromatic carbocycles. The van der Waals surface area contributed by atoms with E-state index in [1.165, 1.54) is 12.2 Å². The molecule has 2 N–H and O–H groups in total. The molecular formula is C8H7O3+. The van der Waals surface area contributed by atoms with Gasteiger partial charge in [0.1, 0.15) is 17.7 Å². The highest BCUT2D eigenvalue weighted by molar-refractivity contribution is 5.90. The van der Waals surface area contributed by atoms with E-state index in [1.54, 1.807) is 6.92 Å². The van der Waals surface area contributed by atoms with Crippen LogP contribution in [0.25, 0.3) is 0 Å². The summed E-state index contributed by atoms with van der Waals surface area (Å²) in [5.74, 6) is -1.43. The molecule has 0 unspecified atom stereocenters. The zero-order chi connectivity index (χ0) is 8.43. The minimum absolute atomic E-state index is 0.106. The summed E-state index contributed by atoms with van der Waals surface area (Å²) in [5, 5.41) is 17.7. The van der Waals surface area contributed by atoms with Crippen molar-refractivity contribution in [3.05, 3.63) is 35.1 Å². The maximum atomic E-state index is 10.4. The summed E-state index contributed by atoms with van der Waals surface area (Å²) in [6.07, 6.45) is 2.77. The summed E-state index contributed by atoms with van der Waals surface area (Å²) in [4.78, 5) is 10.4. The van der Waals surface area contributed by atoms with Crippen LogP contribution in [0.15, 0.2) is 29.2 Å². The average Bonchev–Trinajstić information content (AvgIpc) is 1.94. The van der Waals surface area contributed by atoms with E-state index in [1.807, 2.05) is 0 Å². The molecule has 56 valence electrons. The standard InChI is InChI=1S/C8H6O3/c1-5-3-2-4-6(7(5)9)8(10)11/h3-4H,1H3,(H-,9,10,11)/p+1. The molecule has 0 saturated heterocycles. The van der Waals surface area contributed by atoms with Crippen LogP contribution in [0.1, 0.15) is 6.92 Å².